The molecule has 0 bridgehead atoms. The van der Waals surface area contributed by atoms with Gasteiger partial charge < -0.3 is 15.0 Å². The number of hydrogen-bond donors (Lipinski definition) is 1. The van der Waals surface area contributed by atoms with E-state index in [0.29, 0.717) is 11.6 Å². The van der Waals surface area contributed by atoms with Crippen LogP contribution in [0.4, 0.5) is 0 Å². The molecule has 0 radical (unpaired) electrons. The van der Waals surface area contributed by atoms with Crippen LogP contribution in [0.3, 0.4) is 0 Å². The monoisotopic (exact) mass is 256 g/mol. The summed E-state index contributed by atoms with van der Waals surface area (Å²) in [6.07, 6.45) is 6.52. The molecule has 3 heteroatoms. The fourth-order valence-corrected chi connectivity index (χ4v) is 3.21. The van der Waals surface area contributed by atoms with Crippen molar-refractivity contribution in [2.24, 2.45) is 5.92 Å². The predicted octanol–water partition coefficient (Wildman–Crippen LogP) is 2.51. The van der Waals surface area contributed by atoms with Crippen molar-refractivity contribution in [3.8, 4) is 0 Å². The third-order valence-electron chi connectivity index (χ3n) is 4.60. The van der Waals surface area contributed by atoms with Crippen molar-refractivity contribution in [1.82, 2.24) is 10.2 Å². The summed E-state index contributed by atoms with van der Waals surface area (Å²) in [5.74, 6) is 0.852. The third kappa shape index (κ3) is 4.22. The fourth-order valence-electron chi connectivity index (χ4n) is 3.21. The first-order chi connectivity index (χ1) is 8.54. The molecule has 1 aliphatic rings. The Hall–Kier alpha value is -0.120. The van der Waals surface area contributed by atoms with E-state index in [1.54, 1.807) is 7.11 Å². The minimum atomic E-state index is 0.346. The Labute approximate surface area is 113 Å². The Balaban J connectivity index is 2.57. The lowest BCUT2D eigenvalue weighted by Crippen LogP contribution is -2.56. The Morgan fingerprint density at radius 3 is 2.67 bits per heavy atom. The van der Waals surface area contributed by atoms with E-state index >= 15 is 0 Å². The predicted molar refractivity (Wildman–Crippen MR) is 78.0 cm³/mol. The zero-order valence-electron chi connectivity index (χ0n) is 13.0. The molecule has 0 saturated heterocycles. The van der Waals surface area contributed by atoms with Crippen LogP contribution in [-0.4, -0.2) is 50.8 Å². The summed E-state index contributed by atoms with van der Waals surface area (Å²) < 4.78 is 5.27. The van der Waals surface area contributed by atoms with Crippen LogP contribution >= 0.6 is 0 Å². The number of methoxy groups -OCH3 is 1. The highest BCUT2D eigenvalue weighted by molar-refractivity contribution is 4.95. The highest BCUT2D eigenvalue weighted by Gasteiger charge is 2.36. The van der Waals surface area contributed by atoms with Gasteiger partial charge in [0.05, 0.1) is 6.61 Å². The number of ether oxygens (including phenoxy) is 1. The van der Waals surface area contributed by atoms with Gasteiger partial charge >= 0.3 is 0 Å². The molecular formula is C15H32N2O. The van der Waals surface area contributed by atoms with Crippen LogP contribution in [-0.2, 0) is 4.74 Å². The quantitative estimate of drug-likeness (QED) is 0.757. The van der Waals surface area contributed by atoms with Crippen molar-refractivity contribution >= 4 is 0 Å². The summed E-state index contributed by atoms with van der Waals surface area (Å²) in [6, 6.07) is 0.490. The molecule has 0 amide bonds. The van der Waals surface area contributed by atoms with E-state index in [0.717, 1.165) is 25.5 Å². The van der Waals surface area contributed by atoms with E-state index in [1.165, 1.54) is 25.7 Å². The molecule has 1 saturated carbocycles. The third-order valence-corrected chi connectivity index (χ3v) is 4.60. The number of likely N-dealkylation sites (N-methyl/N-ethyl adjacent to an activating group) is 1. The van der Waals surface area contributed by atoms with E-state index in [4.69, 9.17) is 4.74 Å². The lowest BCUT2D eigenvalue weighted by Gasteiger charge is -2.46. The Morgan fingerprint density at radius 1 is 1.44 bits per heavy atom. The highest BCUT2D eigenvalue weighted by atomic mass is 16.5. The van der Waals surface area contributed by atoms with Gasteiger partial charge in [-0.2, -0.15) is 0 Å². The molecular weight excluding hydrogens is 224 g/mol. The number of nitrogens with zero attached hydrogens (tertiary/aromatic N) is 1. The minimum Gasteiger partial charge on any atom is -0.383 e. The van der Waals surface area contributed by atoms with Gasteiger partial charge in [-0.3, -0.25) is 0 Å². The molecule has 1 N–H and O–H groups in total. The smallest absolute Gasteiger partial charge is 0.0615 e. The first-order valence-electron chi connectivity index (χ1n) is 7.44. The van der Waals surface area contributed by atoms with Gasteiger partial charge in [-0.25, -0.2) is 0 Å². The van der Waals surface area contributed by atoms with Gasteiger partial charge in [0.15, 0.2) is 0 Å². The topological polar surface area (TPSA) is 24.5 Å². The normalized spacial score (nSPS) is 30.7. The molecule has 0 aromatic rings. The zero-order valence-corrected chi connectivity index (χ0v) is 13.0. The highest BCUT2D eigenvalue weighted by Crippen LogP contribution is 2.35. The van der Waals surface area contributed by atoms with Crippen molar-refractivity contribution < 1.29 is 4.74 Å². The molecule has 0 spiro atoms. The van der Waals surface area contributed by atoms with E-state index in [1.807, 2.05) is 0 Å². The maximum absolute atomic E-state index is 5.27. The average molecular weight is 256 g/mol. The van der Waals surface area contributed by atoms with Crippen molar-refractivity contribution in [3.05, 3.63) is 0 Å². The molecule has 0 aliphatic heterocycles. The molecule has 0 heterocycles. The first kappa shape index (κ1) is 15.9. The second-order valence-corrected chi connectivity index (χ2v) is 6.26. The molecule has 1 fully saturated rings. The SMILES string of the molecule is CCC(COC)NCC1(N(C)C)CCCC(C)C1. The lowest BCUT2D eigenvalue weighted by molar-refractivity contribution is 0.0663. The second kappa shape index (κ2) is 7.46. The maximum Gasteiger partial charge on any atom is 0.0615 e. The van der Waals surface area contributed by atoms with Crippen molar-refractivity contribution in [1.29, 1.82) is 0 Å². The van der Waals surface area contributed by atoms with Crippen molar-refractivity contribution in [2.75, 3.05) is 34.4 Å². The molecule has 0 aromatic carbocycles. The lowest BCUT2D eigenvalue weighted by atomic mass is 9.75. The Bertz CT molecular complexity index is 233. The number of hydrogen-bond acceptors (Lipinski definition) is 3. The van der Waals surface area contributed by atoms with Gasteiger partial charge in [-0.15, -0.1) is 0 Å². The van der Waals surface area contributed by atoms with Gasteiger partial charge in [0.1, 0.15) is 0 Å². The standard InChI is InChI=1S/C15H32N2O/c1-6-14(11-18-5)16-12-15(17(3)4)9-7-8-13(2)10-15/h13-14,16H,6-12H2,1-5H3. The van der Waals surface area contributed by atoms with E-state index in [2.05, 4.69) is 38.2 Å². The van der Waals surface area contributed by atoms with Gasteiger partial charge in [0.2, 0.25) is 0 Å². The molecule has 18 heavy (non-hydrogen) atoms. The van der Waals surface area contributed by atoms with Gasteiger partial charge in [0, 0.05) is 25.2 Å². The Morgan fingerprint density at radius 2 is 2.17 bits per heavy atom. The molecule has 3 atom stereocenters. The fraction of sp³-hybridized carbons (Fsp3) is 1.00. The van der Waals surface area contributed by atoms with Crippen LogP contribution in [0.15, 0.2) is 0 Å². The van der Waals surface area contributed by atoms with Crippen LogP contribution in [0.5, 0.6) is 0 Å². The van der Waals surface area contributed by atoms with Gasteiger partial charge in [0.25, 0.3) is 0 Å². The van der Waals surface area contributed by atoms with Crippen LogP contribution in [0.25, 0.3) is 0 Å². The molecule has 0 aromatic heterocycles. The summed E-state index contributed by atoms with van der Waals surface area (Å²) in [6.45, 7) is 6.52. The molecule has 3 nitrogen and oxygen atoms in total. The van der Waals surface area contributed by atoms with Gasteiger partial charge in [-0.05, 0) is 39.3 Å². The first-order valence-corrected chi connectivity index (χ1v) is 7.44. The van der Waals surface area contributed by atoms with E-state index < -0.39 is 0 Å². The van der Waals surface area contributed by atoms with Crippen molar-refractivity contribution in [3.63, 3.8) is 0 Å². The molecule has 108 valence electrons. The second-order valence-electron chi connectivity index (χ2n) is 6.26. The summed E-state index contributed by atoms with van der Waals surface area (Å²) >= 11 is 0. The van der Waals surface area contributed by atoms with Crippen LogP contribution in [0, 0.1) is 5.92 Å². The zero-order chi connectivity index (χ0) is 13.6. The van der Waals surface area contributed by atoms with Gasteiger partial charge in [-0.1, -0.05) is 26.7 Å². The van der Waals surface area contributed by atoms with E-state index in [9.17, 15) is 0 Å². The number of rotatable bonds is 7. The van der Waals surface area contributed by atoms with Crippen molar-refractivity contribution in [2.45, 2.75) is 57.5 Å². The molecule has 3 unspecified atom stereocenters. The summed E-state index contributed by atoms with van der Waals surface area (Å²) in [5, 5.41) is 3.72. The molecule has 1 aliphatic carbocycles. The molecule has 1 rings (SSSR count). The Kier molecular flexibility index (Phi) is 6.61. The summed E-state index contributed by atoms with van der Waals surface area (Å²) in [4.78, 5) is 2.44. The van der Waals surface area contributed by atoms with Crippen LogP contribution < -0.4 is 5.32 Å². The summed E-state index contributed by atoms with van der Waals surface area (Å²) in [5.41, 5.74) is 0.346. The largest absolute Gasteiger partial charge is 0.383 e. The van der Waals surface area contributed by atoms with Crippen LogP contribution in [0.2, 0.25) is 0 Å². The average Bonchev–Trinajstić information content (AvgIpc) is 2.34. The maximum atomic E-state index is 5.27. The minimum absolute atomic E-state index is 0.346. The summed E-state index contributed by atoms with van der Waals surface area (Å²) in [7, 11) is 6.25. The van der Waals surface area contributed by atoms with E-state index in [-0.39, 0.29) is 0 Å². The number of nitrogens with one attached hydrogen (secondary N) is 1. The van der Waals surface area contributed by atoms with Crippen LogP contribution in [0.1, 0.15) is 46.0 Å².